The molecule has 0 saturated carbocycles. The Balaban J connectivity index is 1.25. The number of rotatable bonds is 7. The van der Waals surface area contributed by atoms with Crippen molar-refractivity contribution in [3.8, 4) is 0 Å². The maximum atomic E-state index is 7.28. The number of fused-ring (bicyclic) bond motifs is 5. The van der Waals surface area contributed by atoms with Gasteiger partial charge in [0.1, 0.15) is 6.54 Å². The molecule has 0 amide bonds. The summed E-state index contributed by atoms with van der Waals surface area (Å²) in [5.41, 5.74) is 10.5. The van der Waals surface area contributed by atoms with E-state index in [0.29, 0.717) is 0 Å². The monoisotopic (exact) mass is 639 g/mol. The van der Waals surface area contributed by atoms with Gasteiger partial charge in [0.05, 0.1) is 5.41 Å². The lowest BCUT2D eigenvalue weighted by molar-refractivity contribution is -0.437. The predicted octanol–water partition coefficient (Wildman–Crippen LogP) is 12.0. The minimum atomic E-state index is -0.108. The number of hydrogen-bond donors (Lipinski definition) is 0. The maximum absolute atomic E-state index is 7.28. The topological polar surface area (TPSA) is 6.25 Å². The Kier molecular flexibility index (Phi) is 8.29. The third-order valence-electron chi connectivity index (χ3n) is 10.7. The van der Waals surface area contributed by atoms with Crippen LogP contribution in [0.4, 0.5) is 11.4 Å². The largest absolute Gasteiger partial charge is 0.344 e. The van der Waals surface area contributed by atoms with Crippen molar-refractivity contribution in [2.75, 3.05) is 18.0 Å². The Labute approximate surface area is 286 Å². The summed E-state index contributed by atoms with van der Waals surface area (Å²) in [5.74, 6) is 0. The van der Waals surface area contributed by atoms with E-state index in [-0.39, 0.29) is 10.8 Å². The summed E-state index contributed by atoms with van der Waals surface area (Å²) in [6.07, 6.45) is 14.7. The molecule has 4 aromatic carbocycles. The standard InChI is InChI=1S/C44H48ClN2/c1-7-26-46-37-23-20-30-14-11-12-19-35(30)41(37)44(5,6)40(46)25-22-32-18-13-17-31(42(32)45)21-24-39-43(3,4)36-28-33-15-9-10-16-34(33)29-38(36)47(39)27-8-2/h9-12,14-16,19-25,28-29H,7-8,13,17-18,26-27H2,1-6H3/q+1. The summed E-state index contributed by atoms with van der Waals surface area (Å²) in [6, 6.07) is 26.9. The van der Waals surface area contributed by atoms with Crippen LogP contribution in [-0.2, 0) is 10.8 Å². The van der Waals surface area contributed by atoms with Gasteiger partial charge in [-0.15, -0.1) is 0 Å². The molecule has 7 rings (SSSR count). The molecule has 0 fully saturated rings. The quantitative estimate of drug-likeness (QED) is 0.182. The highest BCUT2D eigenvalue weighted by Gasteiger charge is 2.45. The minimum absolute atomic E-state index is 0.0915. The third-order valence-corrected chi connectivity index (χ3v) is 11.2. The molecule has 1 aliphatic carbocycles. The number of anilines is 1. The molecule has 0 bridgehead atoms. The summed E-state index contributed by atoms with van der Waals surface area (Å²) >= 11 is 7.28. The molecule has 0 radical (unpaired) electrons. The van der Waals surface area contributed by atoms with Gasteiger partial charge in [0.2, 0.25) is 5.69 Å². The Hall–Kier alpha value is -3.88. The minimum Gasteiger partial charge on any atom is -0.344 e. The lowest BCUT2D eigenvalue weighted by atomic mass is 9.79. The van der Waals surface area contributed by atoms with Crippen molar-refractivity contribution in [1.82, 2.24) is 0 Å². The van der Waals surface area contributed by atoms with Crippen LogP contribution in [0.15, 0.2) is 119 Å². The van der Waals surface area contributed by atoms with Crippen LogP contribution >= 0.6 is 11.6 Å². The van der Waals surface area contributed by atoms with E-state index in [9.17, 15) is 0 Å². The first-order chi connectivity index (χ1) is 22.7. The summed E-state index contributed by atoms with van der Waals surface area (Å²) < 4.78 is 2.54. The van der Waals surface area contributed by atoms with Gasteiger partial charge in [-0.2, -0.15) is 4.58 Å². The highest BCUT2D eigenvalue weighted by Crippen LogP contribution is 2.50. The average Bonchev–Trinajstić information content (AvgIpc) is 3.41. The molecule has 0 aromatic heterocycles. The van der Waals surface area contributed by atoms with Crippen molar-refractivity contribution in [3.05, 3.63) is 130 Å². The van der Waals surface area contributed by atoms with Crippen LogP contribution in [0.1, 0.15) is 84.8 Å². The number of nitrogens with zero attached hydrogens (tertiary/aromatic N) is 2. The number of benzene rings is 4. The van der Waals surface area contributed by atoms with Crippen LogP contribution in [-0.4, -0.2) is 23.4 Å². The van der Waals surface area contributed by atoms with E-state index in [4.69, 9.17) is 11.6 Å². The first-order valence-corrected chi connectivity index (χ1v) is 18.0. The fourth-order valence-corrected chi connectivity index (χ4v) is 8.70. The number of hydrogen-bond acceptors (Lipinski definition) is 1. The van der Waals surface area contributed by atoms with Gasteiger partial charge in [-0.3, -0.25) is 0 Å². The Morgan fingerprint density at radius 3 is 2.26 bits per heavy atom. The van der Waals surface area contributed by atoms with Gasteiger partial charge in [0, 0.05) is 52.5 Å². The molecule has 4 aromatic rings. The van der Waals surface area contributed by atoms with E-state index < -0.39 is 0 Å². The third kappa shape index (κ3) is 5.30. The normalized spacial score (nSPS) is 20.4. The van der Waals surface area contributed by atoms with Crippen molar-refractivity contribution in [3.63, 3.8) is 0 Å². The highest BCUT2D eigenvalue weighted by molar-refractivity contribution is 6.32. The van der Waals surface area contributed by atoms with E-state index in [0.717, 1.165) is 50.2 Å². The molecule has 0 saturated heterocycles. The fourth-order valence-electron chi connectivity index (χ4n) is 8.39. The summed E-state index contributed by atoms with van der Waals surface area (Å²) in [5, 5.41) is 6.20. The first kappa shape index (κ1) is 31.7. The lowest BCUT2D eigenvalue weighted by Gasteiger charge is -2.27. The molecule has 0 spiro atoms. The van der Waals surface area contributed by atoms with Gasteiger partial charge >= 0.3 is 0 Å². The summed E-state index contributed by atoms with van der Waals surface area (Å²) in [7, 11) is 0. The van der Waals surface area contributed by atoms with E-state index >= 15 is 0 Å². The van der Waals surface area contributed by atoms with Crippen molar-refractivity contribution in [1.29, 1.82) is 0 Å². The van der Waals surface area contributed by atoms with Gasteiger partial charge in [0.25, 0.3) is 0 Å². The van der Waals surface area contributed by atoms with Crippen LogP contribution in [0.25, 0.3) is 21.5 Å². The van der Waals surface area contributed by atoms with Crippen molar-refractivity contribution in [2.24, 2.45) is 0 Å². The van der Waals surface area contributed by atoms with E-state index in [1.165, 1.54) is 66.6 Å². The van der Waals surface area contributed by atoms with Crippen LogP contribution in [0.5, 0.6) is 0 Å². The van der Waals surface area contributed by atoms with Crippen LogP contribution < -0.4 is 4.90 Å². The number of halogens is 1. The van der Waals surface area contributed by atoms with Gasteiger partial charge in [-0.05, 0) is 102 Å². The van der Waals surface area contributed by atoms with Gasteiger partial charge in [-0.1, -0.05) is 100.0 Å². The molecule has 2 nitrogen and oxygen atoms in total. The second kappa shape index (κ2) is 12.3. The van der Waals surface area contributed by atoms with Crippen molar-refractivity contribution < 1.29 is 4.58 Å². The zero-order valence-corrected chi connectivity index (χ0v) is 29.7. The Morgan fingerprint density at radius 2 is 1.51 bits per heavy atom. The first-order valence-electron chi connectivity index (χ1n) is 17.6. The van der Waals surface area contributed by atoms with Gasteiger partial charge in [0.15, 0.2) is 5.71 Å². The molecular weight excluding hydrogens is 592 g/mol. The van der Waals surface area contributed by atoms with Crippen molar-refractivity contribution >= 4 is 50.2 Å². The molecule has 3 heteroatoms. The zero-order chi connectivity index (χ0) is 32.9. The van der Waals surface area contributed by atoms with Gasteiger partial charge in [-0.25, -0.2) is 0 Å². The van der Waals surface area contributed by atoms with E-state index in [1.807, 2.05) is 0 Å². The molecule has 47 heavy (non-hydrogen) atoms. The maximum Gasteiger partial charge on any atom is 0.210 e. The second-order valence-corrected chi connectivity index (χ2v) is 15.0. The highest BCUT2D eigenvalue weighted by atomic mass is 35.5. The lowest BCUT2D eigenvalue weighted by Crippen LogP contribution is -2.28. The molecule has 2 heterocycles. The van der Waals surface area contributed by atoms with Gasteiger partial charge < -0.3 is 4.90 Å². The molecule has 0 atom stereocenters. The Morgan fingerprint density at radius 1 is 0.787 bits per heavy atom. The average molecular weight is 640 g/mol. The SMILES string of the molecule is CCCN1/C(=C/C=C2\CCCC(/C=C/C3=[N+](CCC)c4ccc5ccccc5c4C3(C)C)=C2Cl)C(C)(C)c2cc3ccccc3cc21. The molecule has 2 aliphatic heterocycles. The molecular formula is C44H48ClN2+. The summed E-state index contributed by atoms with van der Waals surface area (Å²) in [4.78, 5) is 2.54. The fraction of sp³-hybridized carbons (Fsp3) is 0.341. The molecule has 0 unspecified atom stereocenters. The van der Waals surface area contributed by atoms with Crippen LogP contribution in [0, 0.1) is 0 Å². The molecule has 3 aliphatic rings. The zero-order valence-electron chi connectivity index (χ0n) is 29.0. The van der Waals surface area contributed by atoms with Crippen LogP contribution in [0.2, 0.25) is 0 Å². The predicted molar refractivity (Wildman–Crippen MR) is 204 cm³/mol. The molecule has 240 valence electrons. The van der Waals surface area contributed by atoms with Crippen LogP contribution in [0.3, 0.4) is 0 Å². The van der Waals surface area contributed by atoms with E-state index in [2.05, 4.69) is 148 Å². The summed E-state index contributed by atoms with van der Waals surface area (Å²) in [6.45, 7) is 16.1. The van der Waals surface area contributed by atoms with Crippen molar-refractivity contribution in [2.45, 2.75) is 84.5 Å². The molecule has 0 N–H and O–H groups in total. The Bertz CT molecular complexity index is 2050. The smallest absolute Gasteiger partial charge is 0.210 e. The number of allylic oxidation sites excluding steroid dienone is 8. The second-order valence-electron chi connectivity index (χ2n) is 14.6. The van der Waals surface area contributed by atoms with E-state index in [1.54, 1.807) is 0 Å².